The largest absolute Gasteiger partial charge is 0.483 e. The molecule has 2 aromatic rings. The van der Waals surface area contributed by atoms with Crippen LogP contribution >= 0.6 is 0 Å². The molecule has 2 amide bonds. The predicted molar refractivity (Wildman–Crippen MR) is 125 cm³/mol. The van der Waals surface area contributed by atoms with Crippen molar-refractivity contribution in [1.29, 1.82) is 0 Å². The van der Waals surface area contributed by atoms with E-state index in [0.29, 0.717) is 17.7 Å². The summed E-state index contributed by atoms with van der Waals surface area (Å²) >= 11 is 0. The van der Waals surface area contributed by atoms with Crippen molar-refractivity contribution in [3.05, 3.63) is 77.9 Å². The standard InChI is InChI=1S/C23H27N3O4.CH2O2/c1-16(24)22(28)26-20(11-8-17-6-4-3-5-7-17)14-15-21(27)25-19-12-9-18(10-13-19)23(29)30-2;2-1-3/h3-7,9-10,12-16,20H,8,11,24H2,1-2H3,(H,25,27)(H,26,28);1H,(H,2,3)/t16-,20?;/m0./s1. The first-order chi connectivity index (χ1) is 15.8. The maximum atomic E-state index is 12.3. The first kappa shape index (κ1) is 27.1. The smallest absolute Gasteiger partial charge is 0.337 e. The van der Waals surface area contributed by atoms with Gasteiger partial charge in [0.25, 0.3) is 6.47 Å². The SMILES string of the molecule is COC(=O)c1ccc(NC(=O)C=CC(CCc2ccccc2)NC(=O)[C@H](C)N)cc1.O=CO. The number of carbonyl (C=O) groups is 4. The second-order valence-corrected chi connectivity index (χ2v) is 6.95. The van der Waals surface area contributed by atoms with Gasteiger partial charge in [-0.25, -0.2) is 4.79 Å². The number of nitrogens with two attached hydrogens (primary N) is 1. The van der Waals surface area contributed by atoms with E-state index in [9.17, 15) is 14.4 Å². The van der Waals surface area contributed by atoms with Crippen molar-refractivity contribution in [2.45, 2.75) is 31.8 Å². The Labute approximate surface area is 192 Å². The maximum Gasteiger partial charge on any atom is 0.337 e. The minimum atomic E-state index is -0.639. The van der Waals surface area contributed by atoms with Crippen molar-refractivity contribution in [1.82, 2.24) is 5.32 Å². The molecule has 0 fully saturated rings. The van der Waals surface area contributed by atoms with Crippen molar-refractivity contribution >= 4 is 29.9 Å². The minimum absolute atomic E-state index is 0.250. The number of hydrogen-bond donors (Lipinski definition) is 4. The van der Waals surface area contributed by atoms with Crippen molar-refractivity contribution in [2.24, 2.45) is 5.73 Å². The van der Waals surface area contributed by atoms with Crippen LogP contribution in [0.15, 0.2) is 66.7 Å². The van der Waals surface area contributed by atoms with E-state index in [2.05, 4.69) is 15.4 Å². The molecule has 0 heterocycles. The fourth-order valence-corrected chi connectivity index (χ4v) is 2.69. The van der Waals surface area contributed by atoms with Gasteiger partial charge in [0.15, 0.2) is 0 Å². The highest BCUT2D eigenvalue weighted by molar-refractivity contribution is 5.99. The normalized spacial score (nSPS) is 12.0. The molecule has 0 spiro atoms. The Morgan fingerprint density at radius 2 is 1.70 bits per heavy atom. The zero-order valence-corrected chi connectivity index (χ0v) is 18.6. The summed E-state index contributed by atoms with van der Waals surface area (Å²) in [6.07, 6.45) is 4.40. The number of ether oxygens (including phenoxy) is 1. The molecule has 0 aromatic heterocycles. The fraction of sp³-hybridized carbons (Fsp3) is 0.250. The predicted octanol–water partition coefficient (Wildman–Crippen LogP) is 2.13. The lowest BCUT2D eigenvalue weighted by Crippen LogP contribution is -2.43. The number of carbonyl (C=O) groups excluding carboxylic acids is 3. The number of anilines is 1. The van der Waals surface area contributed by atoms with Crippen molar-refractivity contribution in [2.75, 3.05) is 12.4 Å². The molecular formula is C24H29N3O6. The van der Waals surface area contributed by atoms with Gasteiger partial charge in [-0.1, -0.05) is 36.4 Å². The van der Waals surface area contributed by atoms with Crippen molar-refractivity contribution in [3.63, 3.8) is 0 Å². The van der Waals surface area contributed by atoms with Crippen LogP contribution in [-0.4, -0.2) is 48.6 Å². The highest BCUT2D eigenvalue weighted by Crippen LogP contribution is 2.11. The topological polar surface area (TPSA) is 148 Å². The molecule has 0 aliphatic heterocycles. The number of rotatable bonds is 9. The quantitative estimate of drug-likeness (QED) is 0.257. The average Bonchev–Trinajstić information content (AvgIpc) is 2.81. The molecular weight excluding hydrogens is 426 g/mol. The molecule has 9 nitrogen and oxygen atoms in total. The summed E-state index contributed by atoms with van der Waals surface area (Å²) in [6, 6.07) is 15.3. The maximum absolute atomic E-state index is 12.3. The van der Waals surface area contributed by atoms with Crippen LogP contribution in [0.2, 0.25) is 0 Å². The summed E-state index contributed by atoms with van der Waals surface area (Å²) < 4.78 is 4.64. The Hall–Kier alpha value is -3.98. The molecule has 0 aliphatic rings. The number of carboxylic acid groups (broad SMARTS) is 1. The Morgan fingerprint density at radius 3 is 2.24 bits per heavy atom. The average molecular weight is 456 g/mol. The van der Waals surface area contributed by atoms with E-state index in [-0.39, 0.29) is 24.3 Å². The van der Waals surface area contributed by atoms with Gasteiger partial charge in [-0.3, -0.25) is 14.4 Å². The van der Waals surface area contributed by atoms with Crippen LogP contribution in [0.25, 0.3) is 0 Å². The molecule has 0 radical (unpaired) electrons. The number of methoxy groups -OCH3 is 1. The molecule has 176 valence electrons. The van der Waals surface area contributed by atoms with Gasteiger partial charge in [0, 0.05) is 17.8 Å². The van der Waals surface area contributed by atoms with E-state index in [0.717, 1.165) is 12.0 Å². The third-order valence-electron chi connectivity index (χ3n) is 4.38. The Balaban J connectivity index is 0.00000172. The van der Waals surface area contributed by atoms with E-state index < -0.39 is 12.0 Å². The minimum Gasteiger partial charge on any atom is -0.483 e. The highest BCUT2D eigenvalue weighted by atomic mass is 16.5. The van der Waals surface area contributed by atoms with Crippen LogP contribution in [0.4, 0.5) is 5.69 Å². The molecule has 5 N–H and O–H groups in total. The summed E-state index contributed by atoms with van der Waals surface area (Å²) in [5, 5.41) is 12.5. The van der Waals surface area contributed by atoms with Gasteiger partial charge in [-0.15, -0.1) is 0 Å². The third-order valence-corrected chi connectivity index (χ3v) is 4.38. The highest BCUT2D eigenvalue weighted by Gasteiger charge is 2.13. The molecule has 33 heavy (non-hydrogen) atoms. The lowest BCUT2D eigenvalue weighted by Gasteiger charge is -2.17. The lowest BCUT2D eigenvalue weighted by molar-refractivity contribution is -0.123. The lowest BCUT2D eigenvalue weighted by atomic mass is 10.0. The summed E-state index contributed by atoms with van der Waals surface area (Å²) in [7, 11) is 1.31. The van der Waals surface area contributed by atoms with Gasteiger partial charge in [-0.05, 0) is 49.6 Å². The number of amides is 2. The van der Waals surface area contributed by atoms with Gasteiger partial charge in [-0.2, -0.15) is 0 Å². The molecule has 0 saturated carbocycles. The monoisotopic (exact) mass is 455 g/mol. The zero-order valence-electron chi connectivity index (χ0n) is 18.6. The van der Waals surface area contributed by atoms with Gasteiger partial charge < -0.3 is 26.2 Å². The van der Waals surface area contributed by atoms with Crippen LogP contribution in [-0.2, 0) is 25.5 Å². The molecule has 1 unspecified atom stereocenters. The van der Waals surface area contributed by atoms with E-state index >= 15 is 0 Å². The van der Waals surface area contributed by atoms with Crippen molar-refractivity contribution < 1.29 is 29.0 Å². The van der Waals surface area contributed by atoms with E-state index in [1.54, 1.807) is 37.3 Å². The van der Waals surface area contributed by atoms with E-state index in [1.165, 1.54) is 13.2 Å². The second kappa shape index (κ2) is 14.9. The number of esters is 1. The molecule has 9 heteroatoms. The second-order valence-electron chi connectivity index (χ2n) is 6.95. The van der Waals surface area contributed by atoms with E-state index in [4.69, 9.17) is 15.6 Å². The number of benzene rings is 2. The van der Waals surface area contributed by atoms with Gasteiger partial charge >= 0.3 is 5.97 Å². The fourth-order valence-electron chi connectivity index (χ4n) is 2.69. The molecule has 0 bridgehead atoms. The summed E-state index contributed by atoms with van der Waals surface area (Å²) in [5.74, 6) is -1.07. The van der Waals surface area contributed by atoms with E-state index in [1.807, 2.05) is 30.3 Å². The van der Waals surface area contributed by atoms with Crippen LogP contribution in [0.1, 0.15) is 29.3 Å². The molecule has 2 aromatic carbocycles. The molecule has 0 aliphatic carbocycles. The summed E-state index contributed by atoms with van der Waals surface area (Å²) in [4.78, 5) is 44.1. The van der Waals surface area contributed by atoms with Gasteiger partial charge in [0.05, 0.1) is 18.7 Å². The summed E-state index contributed by atoms with van der Waals surface area (Å²) in [5.41, 5.74) is 7.72. The van der Waals surface area contributed by atoms with Crippen LogP contribution in [0.3, 0.4) is 0 Å². The molecule has 2 rings (SSSR count). The first-order valence-electron chi connectivity index (χ1n) is 10.2. The Bertz CT molecular complexity index is 927. The van der Waals surface area contributed by atoms with Crippen LogP contribution in [0.5, 0.6) is 0 Å². The zero-order chi connectivity index (χ0) is 24.6. The van der Waals surface area contributed by atoms with Crippen LogP contribution < -0.4 is 16.4 Å². The molecule has 0 saturated heterocycles. The van der Waals surface area contributed by atoms with Gasteiger partial charge in [0.1, 0.15) is 0 Å². The number of nitrogens with one attached hydrogen (secondary N) is 2. The van der Waals surface area contributed by atoms with Gasteiger partial charge in [0.2, 0.25) is 11.8 Å². The first-order valence-corrected chi connectivity index (χ1v) is 10.2. The number of hydrogen-bond acceptors (Lipinski definition) is 6. The molecule has 2 atom stereocenters. The Kier molecular flexibility index (Phi) is 12.2. The van der Waals surface area contributed by atoms with Crippen LogP contribution in [0, 0.1) is 0 Å². The van der Waals surface area contributed by atoms with Crippen molar-refractivity contribution in [3.8, 4) is 0 Å². The summed E-state index contributed by atoms with van der Waals surface area (Å²) in [6.45, 7) is 1.36. The Morgan fingerprint density at radius 1 is 1.09 bits per heavy atom. The number of aryl methyl sites for hydroxylation is 1. The third kappa shape index (κ3) is 10.7.